The maximum absolute atomic E-state index is 9.65. The van der Waals surface area contributed by atoms with Gasteiger partial charge in [-0.05, 0) is 98.7 Å². The minimum absolute atomic E-state index is 0.209. The Morgan fingerprint density at radius 2 is 0.959 bits per heavy atom. The molecule has 0 spiro atoms. The van der Waals surface area contributed by atoms with Crippen molar-refractivity contribution in [2.75, 3.05) is 0 Å². The van der Waals surface area contributed by atoms with Gasteiger partial charge < -0.3 is 0 Å². The molecule has 230 valence electrons. The van der Waals surface area contributed by atoms with Crippen LogP contribution in [0.1, 0.15) is 35.9 Å². The zero-order chi connectivity index (χ0) is 39.7. The summed E-state index contributed by atoms with van der Waals surface area (Å²) in [4.78, 5) is 0. The minimum Gasteiger partial charge on any atom is -0.0622 e. The van der Waals surface area contributed by atoms with Crippen molar-refractivity contribution in [1.82, 2.24) is 0 Å². The average molecular weight is 631 g/mol. The summed E-state index contributed by atoms with van der Waals surface area (Å²) in [6.45, 7) is 4.38. The molecule has 0 fully saturated rings. The number of hydrogen-bond donors (Lipinski definition) is 0. The molecular weight excluding hydrogens is 589 g/mol. The highest BCUT2D eigenvalue weighted by atomic mass is 14.4. The van der Waals surface area contributed by atoms with Crippen LogP contribution in [0.4, 0.5) is 0 Å². The van der Waals surface area contributed by atoms with Crippen molar-refractivity contribution in [2.24, 2.45) is 0 Å². The van der Waals surface area contributed by atoms with Gasteiger partial charge in [-0.1, -0.05) is 184 Å². The second-order valence-electron chi connectivity index (χ2n) is 13.4. The van der Waals surface area contributed by atoms with E-state index in [4.69, 9.17) is 5.48 Å². The zero-order valence-electron chi connectivity index (χ0n) is 35.0. The van der Waals surface area contributed by atoms with Crippen molar-refractivity contribution >= 4 is 43.1 Å². The van der Waals surface area contributed by atoms with Gasteiger partial charge in [-0.2, -0.15) is 0 Å². The van der Waals surface area contributed by atoms with Crippen LogP contribution in [0.25, 0.3) is 87.6 Å². The molecule has 9 aromatic rings. The van der Waals surface area contributed by atoms with Gasteiger partial charge in [-0.15, -0.1) is 0 Å². The van der Waals surface area contributed by atoms with E-state index in [-0.39, 0.29) is 45.7 Å². The van der Waals surface area contributed by atoms with Crippen LogP contribution in [0.2, 0.25) is 0 Å². The fraction of sp³-hybridized carbons (Fsp3) is 0.0612. The molecule has 0 saturated heterocycles. The standard InChI is InChI=1S/C49H34/c1-49(2)44-26-13-12-23-42(44)47-43(30-29-34(48(47)49)31-15-4-3-5-16-31)46-40-21-10-8-19-38(40)45(39-20-9-11-22-41(39)46)37-25-14-24-35-33-18-7-6-17-32(33)27-28-36(35)37/h3-30H,1-2H3/i8D,9D,10D,11D,19D,20D,21D,22D. The number of fused-ring (bicyclic) bond motifs is 8. The fourth-order valence-corrected chi connectivity index (χ4v) is 8.40. The first kappa shape index (κ1) is 21.1. The van der Waals surface area contributed by atoms with E-state index in [9.17, 15) is 5.48 Å². The summed E-state index contributed by atoms with van der Waals surface area (Å²) in [5.41, 5.74) is 7.52. The van der Waals surface area contributed by atoms with Crippen molar-refractivity contribution < 1.29 is 11.0 Å². The van der Waals surface area contributed by atoms with Crippen LogP contribution < -0.4 is 0 Å². The zero-order valence-corrected chi connectivity index (χ0v) is 27.0. The molecule has 0 saturated carbocycles. The Morgan fingerprint density at radius 1 is 0.388 bits per heavy atom. The summed E-state index contributed by atoms with van der Waals surface area (Å²) >= 11 is 0. The maximum Gasteiger partial charge on any atom is 0.0629 e. The van der Waals surface area contributed by atoms with Gasteiger partial charge in [0.2, 0.25) is 0 Å². The summed E-state index contributed by atoms with van der Waals surface area (Å²) in [6, 6.07) is 37.5. The van der Waals surface area contributed by atoms with Gasteiger partial charge in [0.25, 0.3) is 0 Å². The van der Waals surface area contributed by atoms with Gasteiger partial charge >= 0.3 is 0 Å². The van der Waals surface area contributed by atoms with Crippen molar-refractivity contribution in [2.45, 2.75) is 19.3 Å². The average Bonchev–Trinajstić information content (AvgIpc) is 3.48. The van der Waals surface area contributed by atoms with E-state index < -0.39 is 29.6 Å². The second kappa shape index (κ2) is 10.5. The minimum atomic E-state index is -0.483. The molecule has 0 aromatic heterocycles. The quantitative estimate of drug-likeness (QED) is 0.135. The lowest BCUT2D eigenvalue weighted by molar-refractivity contribution is 0.662. The lowest BCUT2D eigenvalue weighted by Gasteiger charge is -2.26. The molecular formula is C49H34. The maximum atomic E-state index is 9.65. The Labute approximate surface area is 298 Å². The Hall–Kier alpha value is -5.98. The largest absolute Gasteiger partial charge is 0.0629 e. The molecule has 0 atom stereocenters. The van der Waals surface area contributed by atoms with Crippen molar-refractivity contribution in [1.29, 1.82) is 0 Å². The number of hydrogen-bond acceptors (Lipinski definition) is 0. The summed E-state index contributed by atoms with van der Waals surface area (Å²) in [7, 11) is 0. The van der Waals surface area contributed by atoms with Gasteiger partial charge in [0.15, 0.2) is 0 Å². The Bertz CT molecular complexity index is 3160. The Morgan fingerprint density at radius 3 is 1.69 bits per heavy atom. The first-order valence-corrected chi connectivity index (χ1v) is 16.6. The Balaban J connectivity index is 1.49. The van der Waals surface area contributed by atoms with E-state index in [2.05, 4.69) is 44.2 Å². The molecule has 1 aliphatic carbocycles. The molecule has 0 amide bonds. The highest BCUT2D eigenvalue weighted by Crippen LogP contribution is 2.57. The lowest BCUT2D eigenvalue weighted by atomic mass is 9.77. The lowest BCUT2D eigenvalue weighted by Crippen LogP contribution is -2.16. The first-order chi connectivity index (χ1) is 27.4. The molecule has 0 bridgehead atoms. The van der Waals surface area contributed by atoms with Crippen molar-refractivity contribution in [3.05, 3.63) is 181 Å². The smallest absolute Gasteiger partial charge is 0.0622 e. The van der Waals surface area contributed by atoms with Crippen LogP contribution in [0.15, 0.2) is 170 Å². The molecule has 0 heterocycles. The van der Waals surface area contributed by atoms with Gasteiger partial charge in [-0.3, -0.25) is 0 Å². The molecule has 0 heteroatoms. The third kappa shape index (κ3) is 3.98. The van der Waals surface area contributed by atoms with E-state index in [1.54, 1.807) is 0 Å². The van der Waals surface area contributed by atoms with Gasteiger partial charge in [-0.25, -0.2) is 0 Å². The van der Waals surface area contributed by atoms with Crippen molar-refractivity contribution in [3.8, 4) is 44.5 Å². The van der Waals surface area contributed by atoms with Crippen LogP contribution in [0.3, 0.4) is 0 Å². The van der Waals surface area contributed by atoms with Crippen molar-refractivity contribution in [3.63, 3.8) is 0 Å². The molecule has 0 N–H and O–H groups in total. The van der Waals surface area contributed by atoms with Crippen LogP contribution in [-0.4, -0.2) is 0 Å². The molecule has 0 unspecified atom stereocenters. The molecule has 9 aromatic carbocycles. The first-order valence-electron chi connectivity index (χ1n) is 20.6. The molecule has 10 rings (SSSR count). The van der Waals surface area contributed by atoms with Gasteiger partial charge in [0.05, 0.1) is 11.0 Å². The SMILES string of the molecule is [2H]c1c([2H])c([2H])c2c(-c3cccc4c3ccc3ccccc34)c3c([2H])c([2H])c([2H])c([2H])c3c(-c3ccc(-c4ccccc4)c4c3-c3ccccc3C4(C)C)c2c1[2H]. The fourth-order valence-electron chi connectivity index (χ4n) is 8.40. The summed E-state index contributed by atoms with van der Waals surface area (Å²) < 4.78 is 74.6. The van der Waals surface area contributed by atoms with E-state index >= 15 is 0 Å². The molecule has 0 nitrogen and oxygen atoms in total. The summed E-state index contributed by atoms with van der Waals surface area (Å²) in [5.74, 6) is 0. The predicted octanol–water partition coefficient (Wildman–Crippen LogP) is 13.6. The van der Waals surface area contributed by atoms with Crippen LogP contribution >= 0.6 is 0 Å². The second-order valence-corrected chi connectivity index (χ2v) is 13.4. The van der Waals surface area contributed by atoms with Crippen LogP contribution in [0.5, 0.6) is 0 Å². The monoisotopic (exact) mass is 630 g/mol. The van der Waals surface area contributed by atoms with Crippen LogP contribution in [0, 0.1) is 0 Å². The van der Waals surface area contributed by atoms with Crippen LogP contribution in [-0.2, 0) is 5.41 Å². The third-order valence-electron chi connectivity index (χ3n) is 10.5. The van der Waals surface area contributed by atoms with E-state index in [1.807, 2.05) is 91.0 Å². The third-order valence-corrected chi connectivity index (χ3v) is 10.5. The predicted molar refractivity (Wildman–Crippen MR) is 210 cm³/mol. The molecule has 0 aliphatic heterocycles. The van der Waals surface area contributed by atoms with Gasteiger partial charge in [0.1, 0.15) is 0 Å². The molecule has 0 radical (unpaired) electrons. The van der Waals surface area contributed by atoms with E-state index in [0.717, 1.165) is 54.9 Å². The number of benzene rings is 9. The summed E-state index contributed by atoms with van der Waals surface area (Å²) in [5, 5.41) is 4.60. The molecule has 1 aliphatic rings. The Kier molecular flexibility index (Phi) is 4.52. The number of rotatable bonds is 3. The highest BCUT2D eigenvalue weighted by molar-refractivity contribution is 6.26. The summed E-state index contributed by atoms with van der Waals surface area (Å²) in [6.07, 6.45) is 0. The van der Waals surface area contributed by atoms with E-state index in [1.165, 1.54) is 0 Å². The normalized spacial score (nSPS) is 15.6. The van der Waals surface area contributed by atoms with Gasteiger partial charge in [0, 0.05) is 5.41 Å². The topological polar surface area (TPSA) is 0 Å². The molecule has 49 heavy (non-hydrogen) atoms. The highest BCUT2D eigenvalue weighted by Gasteiger charge is 2.39. The van der Waals surface area contributed by atoms with E-state index in [0.29, 0.717) is 22.3 Å².